The Hall–Kier alpha value is 0.130. The highest BCUT2D eigenvalue weighted by atomic mass is 127. The average molecular weight is 328 g/mol. The van der Waals surface area contributed by atoms with Crippen molar-refractivity contribution in [3.8, 4) is 0 Å². The van der Waals surface area contributed by atoms with E-state index in [0.717, 1.165) is 17.4 Å². The van der Waals surface area contributed by atoms with E-state index >= 15 is 0 Å². The summed E-state index contributed by atoms with van der Waals surface area (Å²) in [6.07, 6.45) is 1.10. The van der Waals surface area contributed by atoms with E-state index in [-0.39, 0.29) is 5.82 Å². The van der Waals surface area contributed by atoms with Gasteiger partial charge in [0.2, 0.25) is 0 Å². The topological polar surface area (TPSA) is 12.0 Å². The summed E-state index contributed by atoms with van der Waals surface area (Å²) < 4.78 is 14.3. The highest BCUT2D eigenvalue weighted by molar-refractivity contribution is 14.1. The number of hydrogen-bond donors (Lipinski definition) is 1. The van der Waals surface area contributed by atoms with Crippen LogP contribution in [-0.4, -0.2) is 11.0 Å². The standard InChI is InChI=1S/C10H12ClFIN/c11-9-2-3-10(12)8(6-9)7-14-5-1-4-13/h2-3,6,14H,1,4-5,7H2. The lowest BCUT2D eigenvalue weighted by atomic mass is 10.2. The predicted octanol–water partition coefficient (Wildman–Crippen LogP) is 3.39. The molecule has 4 heteroatoms. The molecule has 0 aliphatic carbocycles. The highest BCUT2D eigenvalue weighted by Gasteiger charge is 2.01. The lowest BCUT2D eigenvalue weighted by Gasteiger charge is -2.05. The molecule has 0 aliphatic rings. The summed E-state index contributed by atoms with van der Waals surface area (Å²) in [7, 11) is 0. The Morgan fingerprint density at radius 2 is 2.21 bits per heavy atom. The van der Waals surface area contributed by atoms with Crippen LogP contribution in [0.4, 0.5) is 4.39 Å². The molecule has 0 saturated heterocycles. The maximum absolute atomic E-state index is 13.2. The maximum Gasteiger partial charge on any atom is 0.127 e. The van der Waals surface area contributed by atoms with Gasteiger partial charge in [0.15, 0.2) is 0 Å². The number of benzene rings is 1. The molecule has 0 atom stereocenters. The molecule has 1 nitrogen and oxygen atoms in total. The number of hydrogen-bond acceptors (Lipinski definition) is 1. The molecular formula is C10H12ClFIN. The van der Waals surface area contributed by atoms with E-state index in [2.05, 4.69) is 27.9 Å². The molecule has 0 unspecified atom stereocenters. The van der Waals surface area contributed by atoms with Gasteiger partial charge in [-0.2, -0.15) is 0 Å². The van der Waals surface area contributed by atoms with Crippen molar-refractivity contribution in [2.75, 3.05) is 11.0 Å². The second-order valence-electron chi connectivity index (χ2n) is 2.96. The van der Waals surface area contributed by atoms with Gasteiger partial charge in [0.1, 0.15) is 5.82 Å². The Bertz CT molecular complexity index is 293. The molecule has 1 aromatic rings. The quantitative estimate of drug-likeness (QED) is 0.496. The number of nitrogens with one attached hydrogen (secondary N) is 1. The molecule has 78 valence electrons. The van der Waals surface area contributed by atoms with Gasteiger partial charge >= 0.3 is 0 Å². The first-order valence-corrected chi connectivity index (χ1v) is 6.35. The van der Waals surface area contributed by atoms with Gasteiger partial charge in [0, 0.05) is 21.6 Å². The Morgan fingerprint density at radius 1 is 1.43 bits per heavy atom. The molecule has 1 N–H and O–H groups in total. The van der Waals surface area contributed by atoms with Gasteiger partial charge in [-0.3, -0.25) is 0 Å². The van der Waals surface area contributed by atoms with Crippen LogP contribution in [0.2, 0.25) is 5.02 Å². The lowest BCUT2D eigenvalue weighted by molar-refractivity contribution is 0.587. The van der Waals surface area contributed by atoms with Crippen LogP contribution in [0, 0.1) is 5.82 Å². The van der Waals surface area contributed by atoms with Crippen molar-refractivity contribution in [1.29, 1.82) is 0 Å². The van der Waals surface area contributed by atoms with Crippen LogP contribution in [-0.2, 0) is 6.54 Å². The second kappa shape index (κ2) is 6.58. The third kappa shape index (κ3) is 4.11. The monoisotopic (exact) mass is 327 g/mol. The minimum atomic E-state index is -0.198. The molecule has 0 aromatic heterocycles. The lowest BCUT2D eigenvalue weighted by Crippen LogP contribution is -2.15. The summed E-state index contributed by atoms with van der Waals surface area (Å²) in [6, 6.07) is 4.62. The van der Waals surface area contributed by atoms with Crippen LogP contribution < -0.4 is 5.32 Å². The molecule has 0 amide bonds. The Balaban J connectivity index is 2.45. The second-order valence-corrected chi connectivity index (χ2v) is 4.47. The number of halogens is 3. The first-order chi connectivity index (χ1) is 6.74. The molecule has 0 saturated carbocycles. The first kappa shape index (κ1) is 12.2. The molecule has 0 fully saturated rings. The predicted molar refractivity (Wildman–Crippen MR) is 66.6 cm³/mol. The minimum absolute atomic E-state index is 0.198. The van der Waals surface area contributed by atoms with Crippen LogP contribution >= 0.6 is 34.2 Å². The van der Waals surface area contributed by atoms with Gasteiger partial charge in [-0.05, 0) is 31.2 Å². The van der Waals surface area contributed by atoms with Crippen molar-refractivity contribution < 1.29 is 4.39 Å². The zero-order valence-corrected chi connectivity index (χ0v) is 10.6. The molecular weight excluding hydrogens is 315 g/mol. The van der Waals surface area contributed by atoms with Crippen molar-refractivity contribution in [2.24, 2.45) is 0 Å². The Kier molecular flexibility index (Phi) is 5.74. The van der Waals surface area contributed by atoms with E-state index in [9.17, 15) is 4.39 Å². The van der Waals surface area contributed by atoms with Crippen LogP contribution in [0.1, 0.15) is 12.0 Å². The van der Waals surface area contributed by atoms with E-state index < -0.39 is 0 Å². The summed E-state index contributed by atoms with van der Waals surface area (Å²) in [5.74, 6) is -0.198. The minimum Gasteiger partial charge on any atom is -0.313 e. The SMILES string of the molecule is Fc1ccc(Cl)cc1CNCCCI. The molecule has 0 spiro atoms. The average Bonchev–Trinajstić information content (AvgIpc) is 2.18. The summed E-state index contributed by atoms with van der Waals surface area (Å²) in [5, 5.41) is 3.75. The number of rotatable bonds is 5. The van der Waals surface area contributed by atoms with E-state index in [1.165, 1.54) is 6.07 Å². The van der Waals surface area contributed by atoms with E-state index in [4.69, 9.17) is 11.6 Å². The van der Waals surface area contributed by atoms with Crippen molar-refractivity contribution in [1.82, 2.24) is 5.32 Å². The van der Waals surface area contributed by atoms with Gasteiger partial charge in [0.05, 0.1) is 0 Å². The first-order valence-electron chi connectivity index (χ1n) is 4.44. The molecule has 14 heavy (non-hydrogen) atoms. The van der Waals surface area contributed by atoms with Gasteiger partial charge in [-0.15, -0.1) is 0 Å². The summed E-state index contributed by atoms with van der Waals surface area (Å²) in [5.41, 5.74) is 0.631. The fraction of sp³-hybridized carbons (Fsp3) is 0.400. The van der Waals surface area contributed by atoms with E-state index in [0.29, 0.717) is 17.1 Å². The van der Waals surface area contributed by atoms with Crippen molar-refractivity contribution >= 4 is 34.2 Å². The van der Waals surface area contributed by atoms with Gasteiger partial charge in [-0.1, -0.05) is 34.2 Å². The third-order valence-electron chi connectivity index (χ3n) is 1.81. The van der Waals surface area contributed by atoms with Crippen molar-refractivity contribution in [3.63, 3.8) is 0 Å². The third-order valence-corrected chi connectivity index (χ3v) is 2.81. The zero-order chi connectivity index (χ0) is 10.4. The van der Waals surface area contributed by atoms with E-state index in [1.807, 2.05) is 0 Å². The summed E-state index contributed by atoms with van der Waals surface area (Å²) in [4.78, 5) is 0. The molecule has 0 radical (unpaired) electrons. The molecule has 0 heterocycles. The van der Waals surface area contributed by atoms with Crippen molar-refractivity contribution in [3.05, 3.63) is 34.6 Å². The Morgan fingerprint density at radius 3 is 2.93 bits per heavy atom. The smallest absolute Gasteiger partial charge is 0.127 e. The van der Waals surface area contributed by atoms with Crippen LogP contribution in [0.15, 0.2) is 18.2 Å². The van der Waals surface area contributed by atoms with Crippen LogP contribution in [0.5, 0.6) is 0 Å². The molecule has 1 aromatic carbocycles. The highest BCUT2D eigenvalue weighted by Crippen LogP contribution is 2.14. The molecule has 0 aliphatic heterocycles. The fourth-order valence-electron chi connectivity index (χ4n) is 1.09. The Labute approximate surface area is 102 Å². The van der Waals surface area contributed by atoms with Crippen LogP contribution in [0.25, 0.3) is 0 Å². The molecule has 1 rings (SSSR count). The van der Waals surface area contributed by atoms with Crippen LogP contribution in [0.3, 0.4) is 0 Å². The van der Waals surface area contributed by atoms with E-state index in [1.54, 1.807) is 12.1 Å². The zero-order valence-electron chi connectivity index (χ0n) is 7.69. The van der Waals surface area contributed by atoms with Gasteiger partial charge in [-0.25, -0.2) is 4.39 Å². The summed E-state index contributed by atoms with van der Waals surface area (Å²) in [6.45, 7) is 1.46. The normalized spacial score (nSPS) is 10.5. The number of alkyl halides is 1. The molecule has 0 bridgehead atoms. The largest absolute Gasteiger partial charge is 0.313 e. The van der Waals surface area contributed by atoms with Gasteiger partial charge < -0.3 is 5.32 Å². The maximum atomic E-state index is 13.2. The van der Waals surface area contributed by atoms with Gasteiger partial charge in [0.25, 0.3) is 0 Å². The summed E-state index contributed by atoms with van der Waals surface area (Å²) >= 11 is 8.08. The van der Waals surface area contributed by atoms with Crippen molar-refractivity contribution in [2.45, 2.75) is 13.0 Å². The fourth-order valence-corrected chi connectivity index (χ4v) is 1.67.